The predicted molar refractivity (Wildman–Crippen MR) is 84.9 cm³/mol. The maximum atomic E-state index is 11.6. The molecular formula is C15H26Cl2O4. The Hall–Kier alpha value is -0.480. The van der Waals surface area contributed by atoms with E-state index in [2.05, 4.69) is 0 Å². The van der Waals surface area contributed by atoms with Crippen LogP contribution in [0.5, 0.6) is 0 Å². The standard InChI is InChI=1S/C15H26Cl2O4/c1-5-14(16,6-2)10-20-12(18)9-13(19)21-11-15(17,7-3)8-4/h5-11H2,1-4H3. The monoisotopic (exact) mass is 340 g/mol. The Balaban J connectivity index is 4.14. The van der Waals surface area contributed by atoms with Gasteiger partial charge in [0.15, 0.2) is 0 Å². The molecule has 0 aliphatic rings. The molecule has 0 radical (unpaired) electrons. The van der Waals surface area contributed by atoms with Crippen LogP contribution < -0.4 is 0 Å². The molecule has 0 saturated carbocycles. The fraction of sp³-hybridized carbons (Fsp3) is 0.867. The van der Waals surface area contributed by atoms with Crippen LogP contribution in [0.15, 0.2) is 0 Å². The number of halogens is 2. The van der Waals surface area contributed by atoms with Gasteiger partial charge in [0.1, 0.15) is 19.6 Å². The third-order valence-corrected chi connectivity index (χ3v) is 5.09. The van der Waals surface area contributed by atoms with Crippen molar-refractivity contribution in [1.82, 2.24) is 0 Å². The summed E-state index contributed by atoms with van der Waals surface area (Å²) in [5.74, 6) is -1.25. The van der Waals surface area contributed by atoms with Crippen molar-refractivity contribution in [3.05, 3.63) is 0 Å². The van der Waals surface area contributed by atoms with Gasteiger partial charge in [-0.15, -0.1) is 23.2 Å². The first-order chi connectivity index (χ1) is 9.74. The summed E-state index contributed by atoms with van der Waals surface area (Å²) in [6.45, 7) is 7.89. The number of hydrogen-bond acceptors (Lipinski definition) is 4. The van der Waals surface area contributed by atoms with Crippen molar-refractivity contribution in [3.63, 3.8) is 0 Å². The average Bonchev–Trinajstić information content (AvgIpc) is 2.50. The van der Waals surface area contributed by atoms with E-state index in [9.17, 15) is 9.59 Å². The van der Waals surface area contributed by atoms with Crippen molar-refractivity contribution in [1.29, 1.82) is 0 Å². The van der Waals surface area contributed by atoms with E-state index in [0.29, 0.717) is 25.7 Å². The predicted octanol–water partition coefficient (Wildman–Crippen LogP) is 4.06. The van der Waals surface area contributed by atoms with E-state index in [0.717, 1.165) is 0 Å². The van der Waals surface area contributed by atoms with E-state index < -0.39 is 28.1 Å². The Labute approximate surface area is 137 Å². The van der Waals surface area contributed by atoms with Crippen LogP contribution in [0.25, 0.3) is 0 Å². The van der Waals surface area contributed by atoms with Crippen molar-refractivity contribution in [2.75, 3.05) is 13.2 Å². The Kier molecular flexibility index (Phi) is 9.30. The van der Waals surface area contributed by atoms with E-state index in [1.54, 1.807) is 0 Å². The second-order valence-electron chi connectivity index (χ2n) is 5.21. The van der Waals surface area contributed by atoms with Crippen molar-refractivity contribution >= 4 is 35.1 Å². The second kappa shape index (κ2) is 9.52. The number of hydrogen-bond donors (Lipinski definition) is 0. The lowest BCUT2D eigenvalue weighted by molar-refractivity contribution is -0.155. The highest BCUT2D eigenvalue weighted by Crippen LogP contribution is 2.25. The molecule has 4 nitrogen and oxygen atoms in total. The molecule has 21 heavy (non-hydrogen) atoms. The van der Waals surface area contributed by atoms with Gasteiger partial charge >= 0.3 is 11.9 Å². The van der Waals surface area contributed by atoms with E-state index in [1.165, 1.54) is 0 Å². The summed E-state index contributed by atoms with van der Waals surface area (Å²) in [5.41, 5.74) is 0. The smallest absolute Gasteiger partial charge is 0.317 e. The third kappa shape index (κ3) is 7.91. The molecule has 0 rings (SSSR count). The highest BCUT2D eigenvalue weighted by molar-refractivity contribution is 6.24. The Morgan fingerprint density at radius 3 is 1.29 bits per heavy atom. The maximum absolute atomic E-state index is 11.6. The Morgan fingerprint density at radius 2 is 1.05 bits per heavy atom. The lowest BCUT2D eigenvalue weighted by atomic mass is 10.0. The number of esters is 2. The zero-order valence-corrected chi connectivity index (χ0v) is 14.9. The Bertz CT molecular complexity index is 305. The van der Waals surface area contributed by atoms with Gasteiger partial charge in [0.05, 0.1) is 9.75 Å². The topological polar surface area (TPSA) is 52.6 Å². The minimum Gasteiger partial charge on any atom is -0.463 e. The zero-order chi connectivity index (χ0) is 16.5. The Morgan fingerprint density at radius 1 is 0.762 bits per heavy atom. The van der Waals surface area contributed by atoms with Gasteiger partial charge in [-0.25, -0.2) is 0 Å². The maximum Gasteiger partial charge on any atom is 0.317 e. The summed E-state index contributed by atoms with van der Waals surface area (Å²) in [6.07, 6.45) is 2.32. The van der Waals surface area contributed by atoms with Crippen molar-refractivity contribution in [2.45, 2.75) is 69.5 Å². The van der Waals surface area contributed by atoms with Gasteiger partial charge in [-0.1, -0.05) is 27.7 Å². The molecule has 0 aromatic rings. The van der Waals surface area contributed by atoms with Crippen molar-refractivity contribution in [3.8, 4) is 0 Å². The summed E-state index contributed by atoms with van der Waals surface area (Å²) in [5, 5.41) is 0. The van der Waals surface area contributed by atoms with Gasteiger partial charge in [0.25, 0.3) is 0 Å². The number of carbonyl (C=O) groups excluding carboxylic acids is 2. The number of carbonyl (C=O) groups is 2. The average molecular weight is 341 g/mol. The summed E-state index contributed by atoms with van der Waals surface area (Å²) >= 11 is 12.5. The summed E-state index contributed by atoms with van der Waals surface area (Å²) in [6, 6.07) is 0. The van der Waals surface area contributed by atoms with E-state index in [4.69, 9.17) is 32.7 Å². The molecule has 0 aromatic heterocycles. The van der Waals surface area contributed by atoms with Gasteiger partial charge in [-0.05, 0) is 25.7 Å². The molecule has 0 atom stereocenters. The summed E-state index contributed by atoms with van der Waals surface area (Å²) < 4.78 is 10.1. The van der Waals surface area contributed by atoms with E-state index in [-0.39, 0.29) is 13.2 Å². The molecule has 0 bridgehead atoms. The molecule has 0 saturated heterocycles. The summed E-state index contributed by atoms with van der Waals surface area (Å²) in [7, 11) is 0. The number of ether oxygens (including phenoxy) is 2. The molecule has 0 heterocycles. The van der Waals surface area contributed by atoms with Gasteiger partial charge in [-0.2, -0.15) is 0 Å². The molecule has 0 amide bonds. The third-order valence-electron chi connectivity index (χ3n) is 3.81. The molecule has 0 aliphatic carbocycles. The van der Waals surface area contributed by atoms with Crippen LogP contribution in [0, 0.1) is 0 Å². The fourth-order valence-electron chi connectivity index (χ4n) is 1.55. The normalized spacial score (nSPS) is 12.1. The highest BCUT2D eigenvalue weighted by Gasteiger charge is 2.27. The first-order valence-electron chi connectivity index (χ1n) is 7.43. The van der Waals surface area contributed by atoms with Crippen LogP contribution >= 0.6 is 23.2 Å². The van der Waals surface area contributed by atoms with Crippen LogP contribution in [0.2, 0.25) is 0 Å². The van der Waals surface area contributed by atoms with Crippen molar-refractivity contribution in [2.24, 2.45) is 0 Å². The molecule has 0 aromatic carbocycles. The lowest BCUT2D eigenvalue weighted by Gasteiger charge is -2.24. The molecule has 0 spiro atoms. The van der Waals surface area contributed by atoms with Gasteiger partial charge in [0, 0.05) is 0 Å². The number of alkyl halides is 2. The largest absolute Gasteiger partial charge is 0.463 e. The van der Waals surface area contributed by atoms with E-state index >= 15 is 0 Å². The SMILES string of the molecule is CCC(Cl)(CC)COC(=O)CC(=O)OCC(Cl)(CC)CC. The van der Waals surface area contributed by atoms with Gasteiger partial charge < -0.3 is 9.47 Å². The quantitative estimate of drug-likeness (QED) is 0.342. The van der Waals surface area contributed by atoms with Crippen LogP contribution in [-0.4, -0.2) is 34.9 Å². The first-order valence-corrected chi connectivity index (χ1v) is 8.18. The van der Waals surface area contributed by atoms with E-state index in [1.807, 2.05) is 27.7 Å². The molecule has 124 valence electrons. The van der Waals surface area contributed by atoms with Gasteiger partial charge in [0.2, 0.25) is 0 Å². The first kappa shape index (κ1) is 20.5. The minimum atomic E-state index is -0.625. The zero-order valence-electron chi connectivity index (χ0n) is 13.3. The van der Waals surface area contributed by atoms with Crippen LogP contribution in [0.3, 0.4) is 0 Å². The molecular weight excluding hydrogens is 315 g/mol. The minimum absolute atomic E-state index is 0.0943. The molecule has 0 unspecified atom stereocenters. The molecule has 0 fully saturated rings. The molecule has 0 N–H and O–H groups in total. The van der Waals surface area contributed by atoms with Crippen LogP contribution in [-0.2, 0) is 19.1 Å². The lowest BCUT2D eigenvalue weighted by Crippen LogP contribution is -2.30. The molecule has 0 aliphatic heterocycles. The highest BCUT2D eigenvalue weighted by atomic mass is 35.5. The molecule has 6 heteroatoms. The summed E-state index contributed by atoms with van der Waals surface area (Å²) in [4.78, 5) is 22.0. The van der Waals surface area contributed by atoms with Gasteiger partial charge in [-0.3, -0.25) is 9.59 Å². The van der Waals surface area contributed by atoms with Crippen molar-refractivity contribution < 1.29 is 19.1 Å². The van der Waals surface area contributed by atoms with Crippen LogP contribution in [0.1, 0.15) is 59.8 Å². The van der Waals surface area contributed by atoms with Crippen LogP contribution in [0.4, 0.5) is 0 Å². The second-order valence-corrected chi connectivity index (χ2v) is 6.82. The fourth-order valence-corrected chi connectivity index (χ4v) is 1.66. The number of rotatable bonds is 10.